The summed E-state index contributed by atoms with van der Waals surface area (Å²) in [4.78, 5) is 30.2. The van der Waals surface area contributed by atoms with Crippen LogP contribution in [-0.2, 0) is 9.47 Å². The van der Waals surface area contributed by atoms with Crippen LogP contribution in [0.1, 0.15) is 44.1 Å². The molecule has 1 unspecified atom stereocenters. The molecule has 1 atom stereocenters. The predicted molar refractivity (Wildman–Crippen MR) is 96.2 cm³/mol. The molecule has 0 aromatic carbocycles. The summed E-state index contributed by atoms with van der Waals surface area (Å²) in [6.07, 6.45) is 2.28. The van der Waals surface area contributed by atoms with Gasteiger partial charge in [0.05, 0.1) is 24.9 Å². The lowest BCUT2D eigenvalue weighted by Gasteiger charge is -2.43. The van der Waals surface area contributed by atoms with Crippen LogP contribution in [0.4, 0.5) is 10.5 Å². The van der Waals surface area contributed by atoms with Gasteiger partial charge in [-0.05, 0) is 45.7 Å². The molecule has 0 aliphatic carbocycles. The molecule has 0 saturated carbocycles. The number of esters is 1. The molecule has 8 heteroatoms. The first-order valence-electron chi connectivity index (χ1n) is 8.60. The Kier molecular flexibility index (Phi) is 6.07. The molecular formula is C18H27N3O5. The number of methoxy groups -OCH3 is 1. The first-order chi connectivity index (χ1) is 12.2. The molecule has 1 saturated heterocycles. The van der Waals surface area contributed by atoms with Crippen LogP contribution in [0.3, 0.4) is 0 Å². The maximum Gasteiger partial charge on any atom is 0.408 e. The molecule has 0 spiro atoms. The lowest BCUT2D eigenvalue weighted by molar-refractivity contribution is 0.0376. The summed E-state index contributed by atoms with van der Waals surface area (Å²) < 4.78 is 10.1. The number of rotatable bonds is 4. The smallest absolute Gasteiger partial charge is 0.408 e. The fourth-order valence-electron chi connectivity index (χ4n) is 3.03. The summed E-state index contributed by atoms with van der Waals surface area (Å²) in [5, 5.41) is 12.8. The van der Waals surface area contributed by atoms with E-state index in [1.54, 1.807) is 32.9 Å². The summed E-state index contributed by atoms with van der Waals surface area (Å²) >= 11 is 0. The number of aliphatic hydroxyl groups is 1. The average molecular weight is 365 g/mol. The number of hydrogen-bond acceptors (Lipinski definition) is 7. The van der Waals surface area contributed by atoms with E-state index in [9.17, 15) is 14.7 Å². The van der Waals surface area contributed by atoms with Gasteiger partial charge in [0.25, 0.3) is 0 Å². The number of nitrogens with zero attached hydrogens (tertiary/aromatic N) is 2. The standard InChI is InChI=1S/C18H27N3O5/c1-17(2,3)26-16(24)20-18(12-22)8-6-10-21(11-18)13-7-5-9-19-14(13)15(23)25-4/h5,7,9,22H,6,8,10-12H2,1-4H3,(H,20,24). The highest BCUT2D eigenvalue weighted by molar-refractivity contribution is 5.93. The highest BCUT2D eigenvalue weighted by atomic mass is 16.6. The molecule has 1 aliphatic rings. The van der Waals surface area contributed by atoms with E-state index in [-0.39, 0.29) is 12.3 Å². The minimum atomic E-state index is -0.857. The van der Waals surface area contributed by atoms with Crippen molar-refractivity contribution in [3.63, 3.8) is 0 Å². The molecule has 8 nitrogen and oxygen atoms in total. The Balaban J connectivity index is 2.22. The average Bonchev–Trinajstić information content (AvgIpc) is 2.59. The molecule has 1 fully saturated rings. The summed E-state index contributed by atoms with van der Waals surface area (Å²) in [5.41, 5.74) is -0.663. The first-order valence-corrected chi connectivity index (χ1v) is 8.60. The molecule has 26 heavy (non-hydrogen) atoms. The molecule has 1 amide bonds. The van der Waals surface area contributed by atoms with Crippen LogP contribution in [-0.4, -0.2) is 60.1 Å². The molecule has 1 aromatic heterocycles. The third kappa shape index (κ3) is 4.85. The minimum Gasteiger partial charge on any atom is -0.464 e. The number of alkyl carbamates (subject to hydrolysis) is 1. The van der Waals surface area contributed by atoms with E-state index in [2.05, 4.69) is 10.3 Å². The van der Waals surface area contributed by atoms with Crippen LogP contribution >= 0.6 is 0 Å². The molecular weight excluding hydrogens is 338 g/mol. The Morgan fingerprint density at radius 3 is 2.77 bits per heavy atom. The van der Waals surface area contributed by atoms with Crippen molar-refractivity contribution < 1.29 is 24.2 Å². The van der Waals surface area contributed by atoms with Gasteiger partial charge in [-0.15, -0.1) is 0 Å². The zero-order chi connectivity index (χ0) is 19.4. The second-order valence-electron chi connectivity index (χ2n) is 7.45. The van der Waals surface area contributed by atoms with Crippen LogP contribution in [0.5, 0.6) is 0 Å². The van der Waals surface area contributed by atoms with Gasteiger partial charge in [0.1, 0.15) is 5.60 Å². The van der Waals surface area contributed by atoms with E-state index in [1.807, 2.05) is 4.90 Å². The van der Waals surface area contributed by atoms with Gasteiger partial charge < -0.3 is 24.8 Å². The number of ether oxygens (including phenoxy) is 2. The van der Waals surface area contributed by atoms with Crippen molar-refractivity contribution in [2.24, 2.45) is 0 Å². The SMILES string of the molecule is COC(=O)c1ncccc1N1CCCC(CO)(NC(=O)OC(C)(C)C)C1. The number of pyridine rings is 1. The monoisotopic (exact) mass is 365 g/mol. The summed E-state index contributed by atoms with van der Waals surface area (Å²) in [6.45, 7) is 6.11. The van der Waals surface area contributed by atoms with Gasteiger partial charge in [-0.3, -0.25) is 0 Å². The lowest BCUT2D eigenvalue weighted by atomic mass is 9.89. The second-order valence-corrected chi connectivity index (χ2v) is 7.45. The highest BCUT2D eigenvalue weighted by Gasteiger charge is 2.38. The molecule has 0 bridgehead atoms. The second kappa shape index (κ2) is 7.90. The lowest BCUT2D eigenvalue weighted by Crippen LogP contribution is -2.61. The quantitative estimate of drug-likeness (QED) is 0.784. The van der Waals surface area contributed by atoms with Crippen molar-refractivity contribution in [2.75, 3.05) is 31.7 Å². The largest absolute Gasteiger partial charge is 0.464 e. The minimum absolute atomic E-state index is 0.209. The van der Waals surface area contributed by atoms with Crippen LogP contribution in [0.15, 0.2) is 18.3 Å². The van der Waals surface area contributed by atoms with Gasteiger partial charge in [-0.2, -0.15) is 0 Å². The number of carbonyl (C=O) groups is 2. The highest BCUT2D eigenvalue weighted by Crippen LogP contribution is 2.28. The number of amides is 1. The zero-order valence-electron chi connectivity index (χ0n) is 15.7. The van der Waals surface area contributed by atoms with Crippen LogP contribution in [0.25, 0.3) is 0 Å². The fraction of sp³-hybridized carbons (Fsp3) is 0.611. The number of piperidine rings is 1. The van der Waals surface area contributed by atoms with Gasteiger partial charge in [-0.25, -0.2) is 14.6 Å². The van der Waals surface area contributed by atoms with Gasteiger partial charge >= 0.3 is 12.1 Å². The van der Waals surface area contributed by atoms with E-state index in [4.69, 9.17) is 9.47 Å². The first kappa shape index (κ1) is 20.0. The third-order valence-corrected chi connectivity index (χ3v) is 4.15. The Hall–Kier alpha value is -2.35. The molecule has 2 N–H and O–H groups in total. The van der Waals surface area contributed by atoms with Crippen molar-refractivity contribution in [2.45, 2.75) is 44.8 Å². The van der Waals surface area contributed by atoms with Gasteiger partial charge in [0, 0.05) is 19.3 Å². The number of hydrogen-bond donors (Lipinski definition) is 2. The Morgan fingerprint density at radius 2 is 2.15 bits per heavy atom. The fourth-order valence-corrected chi connectivity index (χ4v) is 3.03. The topological polar surface area (TPSA) is 101 Å². The van der Waals surface area contributed by atoms with E-state index in [0.29, 0.717) is 25.2 Å². The van der Waals surface area contributed by atoms with Gasteiger partial charge in [-0.1, -0.05) is 0 Å². The maximum atomic E-state index is 12.2. The van der Waals surface area contributed by atoms with E-state index < -0.39 is 23.2 Å². The van der Waals surface area contributed by atoms with Crippen LogP contribution in [0, 0.1) is 0 Å². The maximum absolute atomic E-state index is 12.2. The molecule has 2 heterocycles. The number of aromatic nitrogens is 1. The molecule has 144 valence electrons. The molecule has 1 aromatic rings. The predicted octanol–water partition coefficient (Wildman–Crippen LogP) is 1.72. The Labute approximate surface area is 153 Å². The Morgan fingerprint density at radius 1 is 1.42 bits per heavy atom. The van der Waals surface area contributed by atoms with Crippen molar-refractivity contribution >= 4 is 17.7 Å². The number of carbonyl (C=O) groups excluding carboxylic acids is 2. The van der Waals surface area contributed by atoms with Crippen molar-refractivity contribution in [1.29, 1.82) is 0 Å². The van der Waals surface area contributed by atoms with E-state index >= 15 is 0 Å². The van der Waals surface area contributed by atoms with Crippen LogP contribution in [0.2, 0.25) is 0 Å². The molecule has 2 rings (SSSR count). The van der Waals surface area contributed by atoms with E-state index in [1.165, 1.54) is 13.3 Å². The van der Waals surface area contributed by atoms with Crippen molar-refractivity contribution in [1.82, 2.24) is 10.3 Å². The Bertz CT molecular complexity index is 658. The normalized spacial score (nSPS) is 20.4. The summed E-state index contributed by atoms with van der Waals surface area (Å²) in [6, 6.07) is 3.51. The number of nitrogens with one attached hydrogen (secondary N) is 1. The third-order valence-electron chi connectivity index (χ3n) is 4.15. The number of anilines is 1. The van der Waals surface area contributed by atoms with E-state index in [0.717, 1.165) is 6.42 Å². The summed E-state index contributed by atoms with van der Waals surface area (Å²) in [5.74, 6) is -0.527. The summed E-state index contributed by atoms with van der Waals surface area (Å²) in [7, 11) is 1.30. The van der Waals surface area contributed by atoms with Crippen molar-refractivity contribution in [3.05, 3.63) is 24.0 Å². The molecule has 0 radical (unpaired) electrons. The molecule has 1 aliphatic heterocycles. The van der Waals surface area contributed by atoms with Crippen molar-refractivity contribution in [3.8, 4) is 0 Å². The van der Waals surface area contributed by atoms with Gasteiger partial charge in [0.2, 0.25) is 0 Å². The number of aliphatic hydroxyl groups excluding tert-OH is 1. The zero-order valence-corrected chi connectivity index (χ0v) is 15.7. The van der Waals surface area contributed by atoms with Gasteiger partial charge in [0.15, 0.2) is 5.69 Å². The van der Waals surface area contributed by atoms with Crippen LogP contribution < -0.4 is 10.2 Å².